The van der Waals surface area contributed by atoms with Crippen LogP contribution in [0.5, 0.6) is 0 Å². The molecule has 6 nitrogen and oxygen atoms in total. The zero-order chi connectivity index (χ0) is 45.3. The molecular formula is C57H56B2N2O4. The van der Waals surface area contributed by atoms with Crippen molar-refractivity contribution in [1.29, 1.82) is 0 Å². The molecule has 324 valence electrons. The van der Waals surface area contributed by atoms with Gasteiger partial charge in [0.2, 0.25) is 0 Å². The van der Waals surface area contributed by atoms with Gasteiger partial charge in [-0.05, 0) is 166 Å². The monoisotopic (exact) mass is 854 g/mol. The molecule has 65 heavy (non-hydrogen) atoms. The van der Waals surface area contributed by atoms with Crippen LogP contribution in [0.4, 0.5) is 17.1 Å². The van der Waals surface area contributed by atoms with E-state index >= 15 is 0 Å². The number of nitrogens with zero attached hydrogens (tertiary/aromatic N) is 2. The molecule has 0 amide bonds. The number of fused-ring (bicyclic) bond motifs is 6. The molecule has 1 aliphatic carbocycles. The van der Waals surface area contributed by atoms with Crippen molar-refractivity contribution in [2.24, 2.45) is 0 Å². The first-order chi connectivity index (χ1) is 30.9. The average Bonchev–Trinajstić information content (AvgIpc) is 3.90. The summed E-state index contributed by atoms with van der Waals surface area (Å²) in [5.74, 6) is 0. The van der Waals surface area contributed by atoms with Gasteiger partial charge in [-0.15, -0.1) is 0 Å². The Morgan fingerprint density at radius 3 is 1.43 bits per heavy atom. The summed E-state index contributed by atoms with van der Waals surface area (Å²) < 4.78 is 28.1. The number of benzene rings is 7. The quantitative estimate of drug-likeness (QED) is 0.149. The van der Waals surface area contributed by atoms with Gasteiger partial charge in [0.05, 0.1) is 33.4 Å². The van der Waals surface area contributed by atoms with Crippen molar-refractivity contribution >= 4 is 64.0 Å². The van der Waals surface area contributed by atoms with Crippen LogP contribution in [0.1, 0.15) is 80.4 Å². The predicted molar refractivity (Wildman–Crippen MR) is 270 cm³/mol. The van der Waals surface area contributed by atoms with Gasteiger partial charge in [-0.25, -0.2) is 0 Å². The number of para-hydroxylation sites is 1. The minimum atomic E-state index is -0.439. The molecule has 7 aromatic carbocycles. The van der Waals surface area contributed by atoms with Crippen LogP contribution in [0.15, 0.2) is 158 Å². The molecule has 2 fully saturated rings. The molecule has 1 aromatic heterocycles. The largest absolute Gasteiger partial charge is 0.494 e. The zero-order valence-corrected chi connectivity index (χ0v) is 39.2. The molecule has 0 atom stereocenters. The molecule has 3 heterocycles. The standard InChI is InChI=1S/C57H56B2N2O4/c1-53(2)49-17-13-11-15-45(49)46-33-32-44(36-50(46)53)61-51-18-14-12-16-47(51)48-35-38(21-34-52(48)61)37-19-26-41(27-20-37)60(42-28-22-39(23-29-42)58-62-54(3,4)55(5,6)63-58)43-30-24-40(25-31-43)59-64-56(7,8)57(9,10)65-59/h11-36H,1-10H3. The van der Waals surface area contributed by atoms with E-state index in [0.717, 1.165) is 33.6 Å². The first-order valence-corrected chi connectivity index (χ1v) is 23.0. The minimum Gasteiger partial charge on any atom is -0.399 e. The Bertz CT molecular complexity index is 3040. The molecular weight excluding hydrogens is 798 g/mol. The van der Waals surface area contributed by atoms with Crippen molar-refractivity contribution in [2.45, 2.75) is 97.1 Å². The van der Waals surface area contributed by atoms with Gasteiger partial charge in [0.1, 0.15) is 0 Å². The second kappa shape index (κ2) is 14.6. The molecule has 8 aromatic rings. The van der Waals surface area contributed by atoms with Gasteiger partial charge in [0.25, 0.3) is 0 Å². The fourth-order valence-corrected chi connectivity index (χ4v) is 10.0. The van der Waals surface area contributed by atoms with Crippen LogP contribution in [-0.2, 0) is 24.0 Å². The lowest BCUT2D eigenvalue weighted by Crippen LogP contribution is -2.41. The van der Waals surface area contributed by atoms with E-state index in [-0.39, 0.29) is 5.41 Å². The third-order valence-corrected chi connectivity index (χ3v) is 15.3. The Hall–Kier alpha value is -5.89. The number of hydrogen-bond donors (Lipinski definition) is 0. The Labute approximate surface area is 384 Å². The van der Waals surface area contributed by atoms with E-state index in [4.69, 9.17) is 18.6 Å². The van der Waals surface area contributed by atoms with Crippen molar-refractivity contribution in [3.05, 3.63) is 169 Å². The summed E-state index contributed by atoms with van der Waals surface area (Å²) in [5.41, 5.74) is 14.6. The second-order valence-corrected chi connectivity index (χ2v) is 20.7. The van der Waals surface area contributed by atoms with Crippen molar-refractivity contribution in [1.82, 2.24) is 4.57 Å². The van der Waals surface area contributed by atoms with E-state index in [9.17, 15) is 0 Å². The molecule has 2 aliphatic heterocycles. The van der Waals surface area contributed by atoms with Crippen LogP contribution in [-0.4, -0.2) is 41.2 Å². The molecule has 11 rings (SSSR count). The maximum atomic E-state index is 6.41. The second-order valence-electron chi connectivity index (χ2n) is 20.7. The molecule has 2 saturated heterocycles. The highest BCUT2D eigenvalue weighted by Crippen LogP contribution is 2.50. The number of rotatable bonds is 7. The van der Waals surface area contributed by atoms with Crippen LogP contribution in [0.2, 0.25) is 0 Å². The highest BCUT2D eigenvalue weighted by Gasteiger charge is 2.53. The van der Waals surface area contributed by atoms with Crippen LogP contribution in [0, 0.1) is 0 Å². The minimum absolute atomic E-state index is 0.0783. The lowest BCUT2D eigenvalue weighted by atomic mass is 9.79. The highest BCUT2D eigenvalue weighted by molar-refractivity contribution is 6.62. The molecule has 0 N–H and O–H groups in total. The molecule has 0 saturated carbocycles. The Balaban J connectivity index is 0.944. The van der Waals surface area contributed by atoms with Gasteiger partial charge >= 0.3 is 14.2 Å². The van der Waals surface area contributed by atoms with Crippen LogP contribution in [0.3, 0.4) is 0 Å². The number of aromatic nitrogens is 1. The van der Waals surface area contributed by atoms with E-state index < -0.39 is 36.6 Å². The van der Waals surface area contributed by atoms with Crippen LogP contribution >= 0.6 is 0 Å². The predicted octanol–water partition coefficient (Wildman–Crippen LogP) is 12.8. The van der Waals surface area contributed by atoms with Crippen molar-refractivity contribution in [2.75, 3.05) is 4.90 Å². The van der Waals surface area contributed by atoms with E-state index in [1.807, 2.05) is 0 Å². The lowest BCUT2D eigenvalue weighted by Gasteiger charge is -2.32. The summed E-state index contributed by atoms with van der Waals surface area (Å²) in [6, 6.07) is 57.6. The summed E-state index contributed by atoms with van der Waals surface area (Å²) in [7, 11) is -0.878. The maximum absolute atomic E-state index is 6.41. The van der Waals surface area contributed by atoms with Gasteiger partial charge < -0.3 is 28.1 Å². The fourth-order valence-electron chi connectivity index (χ4n) is 10.0. The average molecular weight is 855 g/mol. The normalized spacial score (nSPS) is 18.6. The molecule has 0 unspecified atom stereocenters. The zero-order valence-electron chi connectivity index (χ0n) is 39.2. The van der Waals surface area contributed by atoms with E-state index in [0.29, 0.717) is 0 Å². The molecule has 0 radical (unpaired) electrons. The summed E-state index contributed by atoms with van der Waals surface area (Å²) >= 11 is 0. The number of hydrogen-bond acceptors (Lipinski definition) is 5. The van der Waals surface area contributed by atoms with Crippen LogP contribution in [0.25, 0.3) is 49.7 Å². The summed E-state index contributed by atoms with van der Waals surface area (Å²) in [4.78, 5) is 2.29. The smallest absolute Gasteiger partial charge is 0.399 e. The van der Waals surface area contributed by atoms with E-state index in [1.165, 1.54) is 55.3 Å². The highest BCUT2D eigenvalue weighted by atomic mass is 16.7. The maximum Gasteiger partial charge on any atom is 0.494 e. The Kier molecular flexibility index (Phi) is 9.36. The van der Waals surface area contributed by atoms with Gasteiger partial charge in [-0.3, -0.25) is 0 Å². The topological polar surface area (TPSA) is 45.1 Å². The fraction of sp³-hybridized carbons (Fsp3) is 0.263. The molecule has 3 aliphatic rings. The summed E-state index contributed by atoms with van der Waals surface area (Å²) in [6.45, 7) is 21.4. The SMILES string of the molecule is CC1(C)c2ccccc2-c2ccc(-n3c4ccccc4c4cc(-c5ccc(N(c6ccc(B7OC(C)(C)C(C)(C)O7)cc6)c6ccc(B7OC(C)(C)C(C)(C)O7)cc6)cc5)ccc43)cc21. The third-order valence-electron chi connectivity index (χ3n) is 15.3. The Morgan fingerprint density at radius 1 is 0.400 bits per heavy atom. The lowest BCUT2D eigenvalue weighted by molar-refractivity contribution is 0.00578. The Morgan fingerprint density at radius 2 is 0.862 bits per heavy atom. The van der Waals surface area contributed by atoms with Gasteiger partial charge in [0, 0.05) is 38.9 Å². The third kappa shape index (κ3) is 6.63. The number of anilines is 3. The summed E-state index contributed by atoms with van der Waals surface area (Å²) in [5, 5.41) is 2.47. The molecule has 0 bridgehead atoms. The van der Waals surface area contributed by atoms with E-state index in [1.54, 1.807) is 0 Å². The molecule has 8 heteroatoms. The first kappa shape index (κ1) is 41.8. The van der Waals surface area contributed by atoms with Crippen molar-refractivity contribution in [3.63, 3.8) is 0 Å². The van der Waals surface area contributed by atoms with Gasteiger partial charge in [0.15, 0.2) is 0 Å². The molecule has 0 spiro atoms. The van der Waals surface area contributed by atoms with Crippen LogP contribution < -0.4 is 15.8 Å². The van der Waals surface area contributed by atoms with Gasteiger partial charge in [-0.1, -0.05) is 105 Å². The van der Waals surface area contributed by atoms with E-state index in [2.05, 4.69) is 236 Å². The van der Waals surface area contributed by atoms with Gasteiger partial charge in [-0.2, -0.15) is 0 Å². The summed E-state index contributed by atoms with van der Waals surface area (Å²) in [6.07, 6.45) is 0. The van der Waals surface area contributed by atoms with Crippen molar-refractivity contribution in [3.8, 4) is 27.9 Å². The first-order valence-electron chi connectivity index (χ1n) is 23.0. The van der Waals surface area contributed by atoms with Crippen molar-refractivity contribution < 1.29 is 18.6 Å².